The van der Waals surface area contributed by atoms with Crippen molar-refractivity contribution >= 4 is 29.1 Å². The lowest BCUT2D eigenvalue weighted by Gasteiger charge is -2.45. The minimum absolute atomic E-state index is 0.0254. The van der Waals surface area contributed by atoms with Crippen molar-refractivity contribution in [1.82, 2.24) is 9.80 Å². The standard InChI is InChI=1S/C28H29ClF3N3O4/c1-26(38)13-18(14-26)35-15-16-10-19(12-21(28(30,31)32)23(16)24(35)36)39-9-8-34-6-4-27(5-7-34)20-11-17(29)2-3-22(20)33-25(27)37/h2-3,10-12,18,38H,4-9,13-15H2,1H3,(H,33,37). The topological polar surface area (TPSA) is 82.1 Å². The number of hydrogen-bond donors (Lipinski definition) is 2. The highest BCUT2D eigenvalue weighted by Gasteiger charge is 2.49. The predicted octanol–water partition coefficient (Wildman–Crippen LogP) is 4.59. The highest BCUT2D eigenvalue weighted by molar-refractivity contribution is 6.31. The van der Waals surface area contributed by atoms with Crippen molar-refractivity contribution < 1.29 is 32.6 Å². The van der Waals surface area contributed by atoms with Gasteiger partial charge in [0.15, 0.2) is 0 Å². The molecule has 1 aliphatic carbocycles. The van der Waals surface area contributed by atoms with Gasteiger partial charge in [-0.05, 0) is 87.2 Å². The number of hydrogen-bond acceptors (Lipinski definition) is 5. The fourth-order valence-electron chi connectivity index (χ4n) is 6.56. The van der Waals surface area contributed by atoms with Gasteiger partial charge in [-0.2, -0.15) is 13.2 Å². The number of alkyl halides is 3. The number of anilines is 1. The van der Waals surface area contributed by atoms with Gasteiger partial charge in [-0.15, -0.1) is 0 Å². The SMILES string of the molecule is CC1(O)CC(N2Cc3cc(OCCN4CCC5(CC4)C(=O)Nc4ccc(Cl)cc45)cc(C(F)(F)F)c3C2=O)C1. The molecule has 6 rings (SSSR count). The van der Waals surface area contributed by atoms with Crippen LogP contribution in [0.1, 0.15) is 59.7 Å². The first kappa shape index (κ1) is 26.4. The Hall–Kier alpha value is -2.82. The lowest BCUT2D eigenvalue weighted by molar-refractivity contribution is -0.138. The molecule has 1 saturated carbocycles. The Morgan fingerprint density at radius 2 is 1.87 bits per heavy atom. The monoisotopic (exact) mass is 563 g/mol. The Bertz CT molecular complexity index is 1350. The third kappa shape index (κ3) is 4.56. The van der Waals surface area contributed by atoms with E-state index in [0.29, 0.717) is 55.9 Å². The number of aliphatic hydroxyl groups is 1. The molecule has 4 aliphatic rings. The zero-order valence-corrected chi connectivity index (χ0v) is 22.2. The van der Waals surface area contributed by atoms with Gasteiger partial charge in [-0.3, -0.25) is 14.5 Å². The van der Waals surface area contributed by atoms with Crippen molar-refractivity contribution in [2.45, 2.75) is 62.4 Å². The molecule has 208 valence electrons. The average Bonchev–Trinajstić information content (AvgIpc) is 3.31. The van der Waals surface area contributed by atoms with Gasteiger partial charge >= 0.3 is 6.18 Å². The van der Waals surface area contributed by atoms with E-state index in [1.54, 1.807) is 13.0 Å². The fraction of sp³-hybridized carbons (Fsp3) is 0.500. The Morgan fingerprint density at radius 1 is 1.15 bits per heavy atom. The number of carbonyl (C=O) groups is 2. The maximum Gasteiger partial charge on any atom is 0.417 e. The van der Waals surface area contributed by atoms with Gasteiger partial charge in [0.25, 0.3) is 5.91 Å². The van der Waals surface area contributed by atoms with Gasteiger partial charge in [0.05, 0.1) is 22.1 Å². The van der Waals surface area contributed by atoms with Crippen molar-refractivity contribution in [3.63, 3.8) is 0 Å². The average molecular weight is 564 g/mol. The van der Waals surface area contributed by atoms with Crippen LogP contribution in [-0.2, 0) is 22.9 Å². The van der Waals surface area contributed by atoms with E-state index in [9.17, 15) is 27.9 Å². The Labute approximate surface area is 228 Å². The van der Waals surface area contributed by atoms with Crippen LogP contribution in [0.25, 0.3) is 0 Å². The zero-order chi connectivity index (χ0) is 27.7. The number of benzene rings is 2. The number of piperidine rings is 1. The van der Waals surface area contributed by atoms with E-state index in [4.69, 9.17) is 16.3 Å². The number of ether oxygens (including phenoxy) is 1. The smallest absolute Gasteiger partial charge is 0.417 e. The predicted molar refractivity (Wildman–Crippen MR) is 138 cm³/mol. The molecule has 2 fully saturated rings. The molecule has 2 aromatic rings. The second-order valence-corrected chi connectivity index (χ2v) is 11.8. The number of rotatable bonds is 5. The lowest BCUT2D eigenvalue weighted by Crippen LogP contribution is -2.53. The molecule has 7 nitrogen and oxygen atoms in total. The highest BCUT2D eigenvalue weighted by Crippen LogP contribution is 2.46. The molecule has 1 spiro atoms. The molecule has 0 radical (unpaired) electrons. The van der Waals surface area contributed by atoms with Gasteiger partial charge < -0.3 is 20.1 Å². The number of nitrogens with zero attached hydrogens (tertiary/aromatic N) is 2. The molecular formula is C28H29ClF3N3O4. The van der Waals surface area contributed by atoms with Crippen LogP contribution in [0.15, 0.2) is 30.3 Å². The summed E-state index contributed by atoms with van der Waals surface area (Å²) in [4.78, 5) is 29.3. The van der Waals surface area contributed by atoms with Gasteiger partial charge in [-0.25, -0.2) is 0 Å². The summed E-state index contributed by atoms with van der Waals surface area (Å²) in [5.41, 5.74) is -0.823. The van der Waals surface area contributed by atoms with Gasteiger partial charge in [0.2, 0.25) is 5.91 Å². The molecule has 2 N–H and O–H groups in total. The number of likely N-dealkylation sites (tertiary alicyclic amines) is 1. The van der Waals surface area contributed by atoms with Crippen molar-refractivity contribution in [3.05, 3.63) is 57.6 Å². The molecule has 1 saturated heterocycles. The van der Waals surface area contributed by atoms with Crippen LogP contribution >= 0.6 is 11.6 Å². The van der Waals surface area contributed by atoms with Crippen LogP contribution in [0.5, 0.6) is 5.75 Å². The second kappa shape index (κ2) is 9.11. The van der Waals surface area contributed by atoms with Gasteiger partial charge in [0, 0.05) is 29.8 Å². The molecule has 0 aromatic heterocycles. The van der Waals surface area contributed by atoms with Crippen molar-refractivity contribution in [2.24, 2.45) is 0 Å². The second-order valence-electron chi connectivity index (χ2n) is 11.4. The minimum Gasteiger partial charge on any atom is -0.492 e. The Morgan fingerprint density at radius 3 is 2.54 bits per heavy atom. The number of halogens is 4. The molecule has 3 aliphatic heterocycles. The lowest BCUT2D eigenvalue weighted by atomic mass is 9.73. The summed E-state index contributed by atoms with van der Waals surface area (Å²) in [5.74, 6) is -0.600. The molecule has 0 atom stereocenters. The largest absolute Gasteiger partial charge is 0.492 e. The van der Waals surface area contributed by atoms with E-state index < -0.39 is 28.7 Å². The summed E-state index contributed by atoms with van der Waals surface area (Å²) in [6.45, 7) is 3.65. The number of amides is 2. The molecule has 2 aromatic carbocycles. The normalized spacial score (nSPS) is 25.9. The Balaban J connectivity index is 1.11. The highest BCUT2D eigenvalue weighted by atomic mass is 35.5. The molecule has 2 amide bonds. The van der Waals surface area contributed by atoms with Crippen molar-refractivity contribution in [1.29, 1.82) is 0 Å². The maximum atomic E-state index is 13.9. The van der Waals surface area contributed by atoms with Crippen LogP contribution in [0.3, 0.4) is 0 Å². The third-order valence-corrected chi connectivity index (χ3v) is 8.91. The zero-order valence-electron chi connectivity index (χ0n) is 21.4. The summed E-state index contributed by atoms with van der Waals surface area (Å²) in [6.07, 6.45) is -2.81. The van der Waals surface area contributed by atoms with E-state index >= 15 is 0 Å². The van der Waals surface area contributed by atoms with Gasteiger partial charge in [-0.1, -0.05) is 11.6 Å². The summed E-state index contributed by atoms with van der Waals surface area (Å²) < 4.78 is 47.6. The number of fused-ring (bicyclic) bond motifs is 3. The van der Waals surface area contributed by atoms with Crippen LogP contribution in [0.2, 0.25) is 5.02 Å². The fourth-order valence-corrected chi connectivity index (χ4v) is 6.73. The summed E-state index contributed by atoms with van der Waals surface area (Å²) in [5, 5.41) is 13.6. The summed E-state index contributed by atoms with van der Waals surface area (Å²) in [7, 11) is 0. The molecule has 3 heterocycles. The third-order valence-electron chi connectivity index (χ3n) is 8.67. The van der Waals surface area contributed by atoms with Gasteiger partial charge in [0.1, 0.15) is 12.4 Å². The first-order valence-corrected chi connectivity index (χ1v) is 13.5. The van der Waals surface area contributed by atoms with E-state index in [0.717, 1.165) is 17.3 Å². The van der Waals surface area contributed by atoms with Crippen LogP contribution in [0, 0.1) is 0 Å². The number of nitrogens with one attached hydrogen (secondary N) is 1. The molecule has 0 bridgehead atoms. The first-order chi connectivity index (χ1) is 18.4. The molecule has 0 unspecified atom stereocenters. The van der Waals surface area contributed by atoms with Crippen LogP contribution in [-0.4, -0.2) is 64.6 Å². The van der Waals surface area contributed by atoms with E-state index in [1.807, 2.05) is 12.1 Å². The maximum absolute atomic E-state index is 13.9. The van der Waals surface area contributed by atoms with Crippen LogP contribution < -0.4 is 10.1 Å². The van der Waals surface area contributed by atoms with E-state index in [-0.39, 0.29) is 36.4 Å². The summed E-state index contributed by atoms with van der Waals surface area (Å²) in [6, 6.07) is 7.57. The first-order valence-electron chi connectivity index (χ1n) is 13.1. The van der Waals surface area contributed by atoms with E-state index in [2.05, 4.69) is 10.2 Å². The molecular weight excluding hydrogens is 535 g/mol. The van der Waals surface area contributed by atoms with Crippen molar-refractivity contribution in [3.8, 4) is 5.75 Å². The van der Waals surface area contributed by atoms with Crippen molar-refractivity contribution in [2.75, 3.05) is 31.6 Å². The Kier molecular flexibility index (Phi) is 6.17. The quantitative estimate of drug-likeness (QED) is 0.556. The van der Waals surface area contributed by atoms with E-state index in [1.165, 1.54) is 11.0 Å². The molecule has 11 heteroatoms. The molecule has 39 heavy (non-hydrogen) atoms. The summed E-state index contributed by atoms with van der Waals surface area (Å²) >= 11 is 6.19. The van der Waals surface area contributed by atoms with Crippen LogP contribution in [0.4, 0.5) is 18.9 Å². The number of carbonyl (C=O) groups excluding carboxylic acids is 2. The minimum atomic E-state index is -4.71.